The predicted molar refractivity (Wildman–Crippen MR) is 112 cm³/mol. The zero-order valence-corrected chi connectivity index (χ0v) is 18.4. The second-order valence-corrected chi connectivity index (χ2v) is 9.93. The van der Waals surface area contributed by atoms with Crippen LogP contribution in [0.2, 0.25) is 0 Å². The van der Waals surface area contributed by atoms with Gasteiger partial charge in [-0.3, -0.25) is 0 Å². The van der Waals surface area contributed by atoms with Gasteiger partial charge in [-0.15, -0.1) is 0 Å². The monoisotopic (exact) mass is 412 g/mol. The molecule has 5 heteroatoms. The van der Waals surface area contributed by atoms with Gasteiger partial charge in [0.15, 0.2) is 0 Å². The van der Waals surface area contributed by atoms with Gasteiger partial charge in [0.1, 0.15) is 0 Å². The van der Waals surface area contributed by atoms with Crippen molar-refractivity contribution in [2.45, 2.75) is 66.1 Å². The molecule has 2 heterocycles. The van der Waals surface area contributed by atoms with Crippen LogP contribution in [-0.2, 0) is 19.0 Å². The molecule has 5 nitrogen and oxygen atoms in total. The lowest BCUT2D eigenvalue weighted by Gasteiger charge is -2.54. The second kappa shape index (κ2) is 7.75. The molecule has 0 bridgehead atoms. The molecule has 1 saturated carbocycles. The van der Waals surface area contributed by atoms with Crippen LogP contribution >= 0.6 is 0 Å². The van der Waals surface area contributed by atoms with Crippen molar-refractivity contribution in [2.24, 2.45) is 22.7 Å². The Morgan fingerprint density at radius 2 is 1.83 bits per heavy atom. The fraction of sp³-hybridized carbons (Fsp3) is 0.600. The molecule has 2 fully saturated rings. The fourth-order valence-corrected chi connectivity index (χ4v) is 5.97. The van der Waals surface area contributed by atoms with Gasteiger partial charge in [0, 0.05) is 5.56 Å². The zero-order chi connectivity index (χ0) is 21.5. The first-order valence-corrected chi connectivity index (χ1v) is 11.1. The minimum Gasteiger partial charge on any atom is -0.462 e. The number of rotatable bonds is 2. The van der Waals surface area contributed by atoms with Crippen LogP contribution in [0.5, 0.6) is 0 Å². The normalized spacial score (nSPS) is 34.7. The summed E-state index contributed by atoms with van der Waals surface area (Å²) in [7, 11) is 0. The van der Waals surface area contributed by atoms with Crippen LogP contribution in [0.25, 0.3) is 0 Å². The smallest absolute Gasteiger partial charge is 0.342 e. The molecule has 4 atom stereocenters. The van der Waals surface area contributed by atoms with Gasteiger partial charge < -0.3 is 14.2 Å². The van der Waals surface area contributed by atoms with Crippen molar-refractivity contribution in [3.63, 3.8) is 0 Å². The van der Waals surface area contributed by atoms with Crippen molar-refractivity contribution in [3.8, 4) is 0 Å². The molecule has 30 heavy (non-hydrogen) atoms. The maximum absolute atomic E-state index is 12.9. The van der Waals surface area contributed by atoms with Gasteiger partial charge in [-0.05, 0) is 54.4 Å². The van der Waals surface area contributed by atoms with Crippen LogP contribution in [0, 0.1) is 22.7 Å². The van der Waals surface area contributed by atoms with Crippen LogP contribution in [0.4, 0.5) is 0 Å². The first-order valence-electron chi connectivity index (χ1n) is 11.1. The number of esters is 2. The molecule has 3 aliphatic rings. The van der Waals surface area contributed by atoms with Gasteiger partial charge in [-0.2, -0.15) is 0 Å². The number of cyclic esters (lactones) is 2. The van der Waals surface area contributed by atoms with Crippen molar-refractivity contribution in [1.29, 1.82) is 0 Å². The molecular formula is C25H32O5. The Bertz CT molecular complexity index is 870. The van der Waals surface area contributed by atoms with Crippen molar-refractivity contribution >= 4 is 11.9 Å². The van der Waals surface area contributed by atoms with Crippen LogP contribution in [0.3, 0.4) is 0 Å². The molecule has 0 N–H and O–H groups in total. The summed E-state index contributed by atoms with van der Waals surface area (Å²) in [6, 6.07) is 7.18. The summed E-state index contributed by atoms with van der Waals surface area (Å²) in [5.74, 6) is -0.262. The fourth-order valence-electron chi connectivity index (χ4n) is 5.97. The summed E-state index contributed by atoms with van der Waals surface area (Å²) >= 11 is 0. The standard InChI is InChI=1S/C25H32O5/c1-16-19(15-29-23-18-10-6-5-9-17(18)22(27)30-23)21(26)28-14-7-11-20-24(2,3)12-8-13-25(16,20)4/h5-6,9-10,15-16,20,23H,7-8,11-14H2,1-4H3/b19-15+/t16-,20+,23?,25-/m0/s1. The Kier molecular flexibility index (Phi) is 5.41. The highest BCUT2D eigenvalue weighted by Crippen LogP contribution is 2.58. The van der Waals surface area contributed by atoms with Crippen LogP contribution in [-0.4, -0.2) is 18.5 Å². The number of fused-ring (bicyclic) bond motifs is 2. The van der Waals surface area contributed by atoms with Crippen molar-refractivity contribution < 1.29 is 23.8 Å². The summed E-state index contributed by atoms with van der Waals surface area (Å²) in [5.41, 5.74) is 1.92. The summed E-state index contributed by atoms with van der Waals surface area (Å²) in [5, 5.41) is 0. The number of hydrogen-bond acceptors (Lipinski definition) is 5. The summed E-state index contributed by atoms with van der Waals surface area (Å²) < 4.78 is 16.8. The first kappa shape index (κ1) is 21.0. The number of ether oxygens (including phenoxy) is 3. The van der Waals surface area contributed by atoms with Gasteiger partial charge in [0.05, 0.1) is 24.0 Å². The van der Waals surface area contributed by atoms with Crippen molar-refractivity contribution in [3.05, 3.63) is 47.2 Å². The van der Waals surface area contributed by atoms with E-state index in [1.807, 2.05) is 12.1 Å². The summed E-state index contributed by atoms with van der Waals surface area (Å²) in [4.78, 5) is 25.0. The largest absolute Gasteiger partial charge is 0.462 e. The van der Waals surface area contributed by atoms with Gasteiger partial charge in [0.2, 0.25) is 0 Å². The van der Waals surface area contributed by atoms with Crippen LogP contribution < -0.4 is 0 Å². The minimum absolute atomic E-state index is 0.0233. The molecule has 2 aliphatic heterocycles. The average molecular weight is 413 g/mol. The topological polar surface area (TPSA) is 61.8 Å². The summed E-state index contributed by atoms with van der Waals surface area (Å²) in [6.45, 7) is 9.58. The molecular weight excluding hydrogens is 380 g/mol. The molecule has 1 aliphatic carbocycles. The van der Waals surface area contributed by atoms with Gasteiger partial charge >= 0.3 is 11.9 Å². The molecule has 0 radical (unpaired) electrons. The van der Waals surface area contributed by atoms with E-state index < -0.39 is 12.3 Å². The molecule has 0 amide bonds. The molecule has 1 aromatic carbocycles. The van der Waals surface area contributed by atoms with Crippen LogP contribution in [0.15, 0.2) is 36.1 Å². The van der Waals surface area contributed by atoms with Crippen molar-refractivity contribution in [1.82, 2.24) is 0 Å². The predicted octanol–water partition coefficient (Wildman–Crippen LogP) is 5.56. The Balaban J connectivity index is 1.65. The zero-order valence-electron chi connectivity index (χ0n) is 18.4. The first-order chi connectivity index (χ1) is 14.2. The third-order valence-corrected chi connectivity index (χ3v) is 7.80. The molecule has 4 rings (SSSR count). The summed E-state index contributed by atoms with van der Waals surface area (Å²) in [6.07, 6.45) is 6.03. The second-order valence-electron chi connectivity index (χ2n) is 9.93. The molecule has 1 aromatic rings. The molecule has 162 valence electrons. The van der Waals surface area contributed by atoms with E-state index in [0.717, 1.165) is 25.7 Å². The minimum atomic E-state index is -0.833. The van der Waals surface area contributed by atoms with Crippen LogP contribution in [0.1, 0.15) is 82.0 Å². The Morgan fingerprint density at radius 3 is 2.63 bits per heavy atom. The SMILES string of the molecule is C[C@H]1/C(=C\OC2OC(=O)c3ccccc32)C(=O)OCCC[C@@H]2C(C)(C)CCC[C@]21C. The highest BCUT2D eigenvalue weighted by Gasteiger charge is 2.51. The quantitative estimate of drug-likeness (QED) is 0.361. The van der Waals surface area contributed by atoms with E-state index in [4.69, 9.17) is 14.2 Å². The van der Waals surface area contributed by atoms with E-state index in [9.17, 15) is 9.59 Å². The number of carbonyl (C=O) groups excluding carboxylic acids is 2. The highest BCUT2D eigenvalue weighted by molar-refractivity contribution is 5.93. The lowest BCUT2D eigenvalue weighted by molar-refractivity contribution is -0.140. The Labute approximate surface area is 178 Å². The van der Waals surface area contributed by atoms with E-state index in [1.54, 1.807) is 12.1 Å². The lowest BCUT2D eigenvalue weighted by Crippen LogP contribution is -2.46. The van der Waals surface area contributed by atoms with Crippen molar-refractivity contribution in [2.75, 3.05) is 6.61 Å². The Hall–Kier alpha value is -2.30. The molecule has 1 unspecified atom stereocenters. The van der Waals surface area contributed by atoms with E-state index in [1.165, 1.54) is 12.7 Å². The van der Waals surface area contributed by atoms with Gasteiger partial charge in [0.25, 0.3) is 6.29 Å². The van der Waals surface area contributed by atoms with E-state index in [0.29, 0.717) is 29.2 Å². The van der Waals surface area contributed by atoms with Gasteiger partial charge in [-0.25, -0.2) is 9.59 Å². The number of carbonyl (C=O) groups is 2. The highest BCUT2D eigenvalue weighted by atomic mass is 16.7. The third-order valence-electron chi connectivity index (χ3n) is 7.80. The lowest BCUT2D eigenvalue weighted by atomic mass is 9.51. The molecule has 1 saturated heterocycles. The van der Waals surface area contributed by atoms with E-state index >= 15 is 0 Å². The number of benzene rings is 1. The number of hydrogen-bond donors (Lipinski definition) is 0. The van der Waals surface area contributed by atoms with E-state index in [-0.39, 0.29) is 22.7 Å². The molecule has 0 spiro atoms. The molecule has 0 aromatic heterocycles. The van der Waals surface area contributed by atoms with E-state index in [2.05, 4.69) is 27.7 Å². The van der Waals surface area contributed by atoms with Gasteiger partial charge in [-0.1, -0.05) is 52.3 Å². The maximum atomic E-state index is 12.9. The average Bonchev–Trinajstić information content (AvgIpc) is 3.03. The maximum Gasteiger partial charge on any atom is 0.342 e. The third kappa shape index (κ3) is 3.52. The Morgan fingerprint density at radius 1 is 1.07 bits per heavy atom.